The molecule has 0 unspecified atom stereocenters. The molecule has 1 aromatic heterocycles. The summed E-state index contributed by atoms with van der Waals surface area (Å²) < 4.78 is 0. The molecule has 1 aliphatic heterocycles. The quantitative estimate of drug-likeness (QED) is 0.521. The fourth-order valence-electron chi connectivity index (χ4n) is 3.65. The highest BCUT2D eigenvalue weighted by atomic mass is 35.5. The SMILES string of the molecule is Cc1[nH]c(-c2ccccc2)cc1C(=O)C(=O)N1CCN(c2ccc(Cl)cc2)CC1. The van der Waals surface area contributed by atoms with Crippen LogP contribution in [0.4, 0.5) is 5.69 Å². The molecule has 1 aliphatic rings. The van der Waals surface area contributed by atoms with Gasteiger partial charge in [0.25, 0.3) is 11.7 Å². The van der Waals surface area contributed by atoms with Gasteiger partial charge in [0.2, 0.25) is 0 Å². The third-order valence-electron chi connectivity index (χ3n) is 5.30. The lowest BCUT2D eigenvalue weighted by Gasteiger charge is -2.35. The predicted molar refractivity (Wildman–Crippen MR) is 116 cm³/mol. The van der Waals surface area contributed by atoms with E-state index in [0.717, 1.165) is 16.9 Å². The molecule has 148 valence electrons. The first-order valence-corrected chi connectivity index (χ1v) is 10.00. The zero-order chi connectivity index (χ0) is 20.4. The fraction of sp³-hybridized carbons (Fsp3) is 0.217. The van der Waals surface area contributed by atoms with Crippen molar-refractivity contribution >= 4 is 29.0 Å². The second-order valence-corrected chi connectivity index (χ2v) is 7.61. The number of H-pyrrole nitrogens is 1. The number of carbonyl (C=O) groups excluding carboxylic acids is 2. The topological polar surface area (TPSA) is 56.4 Å². The smallest absolute Gasteiger partial charge is 0.295 e. The van der Waals surface area contributed by atoms with Gasteiger partial charge in [-0.05, 0) is 42.8 Å². The first kappa shape index (κ1) is 19.3. The molecule has 0 radical (unpaired) electrons. The molecule has 0 spiro atoms. The number of anilines is 1. The van der Waals surface area contributed by atoms with Crippen LogP contribution in [0.1, 0.15) is 16.1 Å². The van der Waals surface area contributed by atoms with Crippen LogP contribution in [-0.4, -0.2) is 47.8 Å². The van der Waals surface area contributed by atoms with E-state index in [0.29, 0.717) is 42.5 Å². The van der Waals surface area contributed by atoms with Crippen LogP contribution in [0.15, 0.2) is 60.7 Å². The van der Waals surface area contributed by atoms with Crippen LogP contribution in [0, 0.1) is 6.92 Å². The van der Waals surface area contributed by atoms with E-state index in [9.17, 15) is 9.59 Å². The van der Waals surface area contributed by atoms with Gasteiger partial charge < -0.3 is 14.8 Å². The molecular formula is C23H22ClN3O2. The second-order valence-electron chi connectivity index (χ2n) is 7.17. The van der Waals surface area contributed by atoms with Gasteiger partial charge >= 0.3 is 0 Å². The van der Waals surface area contributed by atoms with Crippen molar-refractivity contribution in [3.63, 3.8) is 0 Å². The molecule has 0 bridgehead atoms. The highest BCUT2D eigenvalue weighted by molar-refractivity contribution is 6.43. The molecule has 1 fully saturated rings. The number of Topliss-reactive ketones (excluding diaryl/α,β-unsaturated/α-hetero) is 1. The van der Waals surface area contributed by atoms with Gasteiger partial charge in [-0.25, -0.2) is 0 Å². The van der Waals surface area contributed by atoms with Gasteiger partial charge in [0.15, 0.2) is 0 Å². The number of hydrogen-bond donors (Lipinski definition) is 1. The van der Waals surface area contributed by atoms with Crippen LogP contribution in [0.5, 0.6) is 0 Å². The number of hydrogen-bond acceptors (Lipinski definition) is 3. The minimum absolute atomic E-state index is 0.439. The molecule has 0 aliphatic carbocycles. The van der Waals surface area contributed by atoms with Crippen LogP contribution >= 0.6 is 11.6 Å². The largest absolute Gasteiger partial charge is 0.368 e. The standard InChI is InChI=1S/C23H22ClN3O2/c1-16-20(15-21(25-16)17-5-3-2-4-6-17)22(28)23(29)27-13-11-26(12-14-27)19-9-7-18(24)8-10-19/h2-10,15,25H,11-14H2,1H3. The molecule has 6 heteroatoms. The molecule has 4 rings (SSSR count). The fourth-order valence-corrected chi connectivity index (χ4v) is 3.77. The number of ketones is 1. The number of aromatic nitrogens is 1. The van der Waals surface area contributed by atoms with Gasteiger partial charge in [-0.1, -0.05) is 41.9 Å². The summed E-state index contributed by atoms with van der Waals surface area (Å²) in [5, 5.41) is 0.699. The molecule has 5 nitrogen and oxygen atoms in total. The number of amides is 1. The average molecular weight is 408 g/mol. The van der Waals surface area contributed by atoms with Crippen molar-refractivity contribution in [1.29, 1.82) is 0 Å². The number of aryl methyl sites for hydroxylation is 1. The summed E-state index contributed by atoms with van der Waals surface area (Å²) in [6.07, 6.45) is 0. The third kappa shape index (κ3) is 4.05. The van der Waals surface area contributed by atoms with Gasteiger partial charge in [0, 0.05) is 53.8 Å². The Hall–Kier alpha value is -3.05. The van der Waals surface area contributed by atoms with E-state index in [1.54, 1.807) is 11.0 Å². The van der Waals surface area contributed by atoms with Crippen molar-refractivity contribution in [3.05, 3.63) is 76.9 Å². The van der Waals surface area contributed by atoms with Crippen LogP contribution in [0.3, 0.4) is 0 Å². The van der Waals surface area contributed by atoms with Crippen LogP contribution in [-0.2, 0) is 4.79 Å². The summed E-state index contributed by atoms with van der Waals surface area (Å²) in [6, 6.07) is 19.2. The number of benzene rings is 2. The third-order valence-corrected chi connectivity index (χ3v) is 5.55. The highest BCUT2D eigenvalue weighted by Crippen LogP contribution is 2.23. The number of nitrogens with one attached hydrogen (secondary N) is 1. The predicted octanol–water partition coefficient (Wildman–Crippen LogP) is 4.18. The number of nitrogens with zero attached hydrogens (tertiary/aromatic N) is 2. The average Bonchev–Trinajstić information content (AvgIpc) is 3.15. The normalized spacial score (nSPS) is 14.1. The number of rotatable bonds is 4. The number of piperazine rings is 1. The lowest BCUT2D eigenvalue weighted by molar-refractivity contribution is -0.126. The lowest BCUT2D eigenvalue weighted by atomic mass is 10.1. The summed E-state index contributed by atoms with van der Waals surface area (Å²) >= 11 is 5.95. The van der Waals surface area contributed by atoms with Gasteiger partial charge in [-0.15, -0.1) is 0 Å². The van der Waals surface area contributed by atoms with Crippen molar-refractivity contribution in [2.45, 2.75) is 6.92 Å². The van der Waals surface area contributed by atoms with E-state index in [2.05, 4.69) is 9.88 Å². The molecule has 29 heavy (non-hydrogen) atoms. The Morgan fingerprint density at radius 1 is 0.931 bits per heavy atom. The monoisotopic (exact) mass is 407 g/mol. The summed E-state index contributed by atoms with van der Waals surface area (Å²) in [4.78, 5) is 32.7. The Kier molecular flexibility index (Phi) is 5.41. The number of carbonyl (C=O) groups is 2. The maximum Gasteiger partial charge on any atom is 0.295 e. The molecule has 2 aromatic carbocycles. The summed E-state index contributed by atoms with van der Waals surface area (Å²) in [5.41, 5.74) is 4.04. The van der Waals surface area contributed by atoms with E-state index in [-0.39, 0.29) is 0 Å². The second kappa shape index (κ2) is 8.13. The lowest BCUT2D eigenvalue weighted by Crippen LogP contribution is -2.50. The van der Waals surface area contributed by atoms with Gasteiger partial charge in [-0.2, -0.15) is 0 Å². The van der Waals surface area contributed by atoms with Crippen LogP contribution < -0.4 is 4.90 Å². The highest BCUT2D eigenvalue weighted by Gasteiger charge is 2.28. The van der Waals surface area contributed by atoms with Crippen molar-refractivity contribution in [2.75, 3.05) is 31.1 Å². The minimum Gasteiger partial charge on any atom is -0.368 e. The Bertz CT molecular complexity index is 1020. The van der Waals surface area contributed by atoms with Crippen molar-refractivity contribution in [3.8, 4) is 11.3 Å². The van der Waals surface area contributed by atoms with Crippen LogP contribution in [0.2, 0.25) is 5.02 Å². The van der Waals surface area contributed by atoms with E-state index >= 15 is 0 Å². The minimum atomic E-state index is -0.458. The van der Waals surface area contributed by atoms with Crippen LogP contribution in [0.25, 0.3) is 11.3 Å². The number of aromatic amines is 1. The van der Waals surface area contributed by atoms with Crippen molar-refractivity contribution in [1.82, 2.24) is 9.88 Å². The van der Waals surface area contributed by atoms with Gasteiger partial charge in [0.05, 0.1) is 0 Å². The maximum absolute atomic E-state index is 12.9. The Balaban J connectivity index is 1.43. The van der Waals surface area contributed by atoms with Crippen molar-refractivity contribution in [2.24, 2.45) is 0 Å². The van der Waals surface area contributed by atoms with E-state index < -0.39 is 11.7 Å². The molecule has 3 aromatic rings. The molecule has 0 saturated carbocycles. The Morgan fingerprint density at radius 2 is 1.59 bits per heavy atom. The summed E-state index contributed by atoms with van der Waals surface area (Å²) in [7, 11) is 0. The Morgan fingerprint density at radius 3 is 2.24 bits per heavy atom. The zero-order valence-electron chi connectivity index (χ0n) is 16.2. The van der Waals surface area contributed by atoms with E-state index in [1.807, 2.05) is 61.5 Å². The first-order valence-electron chi connectivity index (χ1n) is 9.62. The summed E-state index contributed by atoms with van der Waals surface area (Å²) in [5.74, 6) is -0.900. The molecule has 2 heterocycles. The molecule has 1 N–H and O–H groups in total. The summed E-state index contributed by atoms with van der Waals surface area (Å²) in [6.45, 7) is 4.22. The van der Waals surface area contributed by atoms with E-state index in [4.69, 9.17) is 11.6 Å². The van der Waals surface area contributed by atoms with Gasteiger partial charge in [-0.3, -0.25) is 9.59 Å². The molecule has 1 saturated heterocycles. The van der Waals surface area contributed by atoms with E-state index in [1.165, 1.54) is 0 Å². The molecule has 1 amide bonds. The van der Waals surface area contributed by atoms with Crippen molar-refractivity contribution < 1.29 is 9.59 Å². The maximum atomic E-state index is 12.9. The first-order chi connectivity index (χ1) is 14.0. The Labute approximate surface area is 174 Å². The van der Waals surface area contributed by atoms with Gasteiger partial charge in [0.1, 0.15) is 0 Å². The molecular weight excluding hydrogens is 386 g/mol. The zero-order valence-corrected chi connectivity index (χ0v) is 16.9. The molecule has 0 atom stereocenters. The number of halogens is 1.